The average molecular weight is 614 g/mol. The van der Waals surface area contributed by atoms with E-state index in [9.17, 15) is 8.22 Å². The molecule has 0 amide bonds. The maximum atomic E-state index is 9.91. The van der Waals surface area contributed by atoms with Gasteiger partial charge in [0.1, 0.15) is 17.2 Å². The molecule has 10 rings (SSSR count). The molecule has 0 unspecified atom stereocenters. The van der Waals surface area contributed by atoms with Crippen LogP contribution in [0.4, 0.5) is 0 Å². The number of hydrogen-bond donors (Lipinski definition) is 0. The molecule has 3 nitrogen and oxygen atoms in total. The van der Waals surface area contributed by atoms with Gasteiger partial charge in [-0.05, 0) is 64.1 Å². The van der Waals surface area contributed by atoms with Gasteiger partial charge in [0.2, 0.25) is 0 Å². The van der Waals surface area contributed by atoms with Crippen LogP contribution in [-0.2, 0) is 0 Å². The van der Waals surface area contributed by atoms with Crippen LogP contribution in [0.15, 0.2) is 157 Å². The summed E-state index contributed by atoms with van der Waals surface area (Å²) in [4.78, 5) is 0. The van der Waals surface area contributed by atoms with Gasteiger partial charge >= 0.3 is 6.92 Å². The van der Waals surface area contributed by atoms with Gasteiger partial charge in [0.25, 0.3) is 0 Å². The van der Waals surface area contributed by atoms with E-state index in [-0.39, 0.29) is 5.46 Å². The third kappa shape index (κ3) is 3.74. The van der Waals surface area contributed by atoms with Crippen LogP contribution >= 0.6 is 0 Å². The lowest BCUT2D eigenvalue weighted by molar-refractivity contribution is 0.479. The number of nitrogens with zero attached hydrogens (tertiary/aromatic N) is 1. The van der Waals surface area contributed by atoms with Crippen molar-refractivity contribution in [3.05, 3.63) is 157 Å². The molecule has 0 saturated heterocycles. The summed E-state index contributed by atoms with van der Waals surface area (Å²) in [6, 6.07) is -22.5. The fourth-order valence-electron chi connectivity index (χ4n) is 5.59. The summed E-state index contributed by atoms with van der Waals surface area (Å²) in [5, 5.41) is -0.897. The highest BCUT2D eigenvalue weighted by Gasteiger charge is 2.41. The van der Waals surface area contributed by atoms with Crippen molar-refractivity contribution < 1.29 is 45.0 Å². The Hall–Kier alpha value is -6.00. The Morgan fingerprint density at radius 2 is 1.13 bits per heavy atom. The number of ether oxygens (including phenoxy) is 1. The zero-order valence-electron chi connectivity index (χ0n) is 48.8. The molecule has 46 heavy (non-hydrogen) atoms. The Morgan fingerprint density at radius 3 is 1.93 bits per heavy atom. The van der Waals surface area contributed by atoms with E-state index in [4.69, 9.17) is 36.8 Å². The van der Waals surface area contributed by atoms with Gasteiger partial charge in [0.15, 0.2) is 0 Å². The molecule has 0 spiro atoms. The highest BCUT2D eigenvalue weighted by Crippen LogP contribution is 2.42. The number of fused-ring (bicyclic) bond motifs is 7. The predicted molar refractivity (Wildman–Crippen MR) is 189 cm³/mol. The zero-order chi connectivity index (χ0) is 52.8. The van der Waals surface area contributed by atoms with E-state index in [2.05, 4.69) is 0 Å². The normalized spacial score (nSPS) is 20.6. The van der Waals surface area contributed by atoms with Gasteiger partial charge in [0.05, 0.1) is 52.4 Å². The second-order valence-electron chi connectivity index (χ2n) is 10.0. The minimum atomic E-state index is -1.88. The fraction of sp³-hybridized carbons (Fsp3) is 0. The Morgan fingerprint density at radius 1 is 0.478 bits per heavy atom. The number of aromatic nitrogens is 1. The minimum absolute atomic E-state index is 0.374. The van der Waals surface area contributed by atoms with E-state index in [0.717, 1.165) is 4.57 Å². The molecule has 0 aliphatic carbocycles. The summed E-state index contributed by atoms with van der Waals surface area (Å²) in [5.41, 5.74) is -6.78. The molecular weight excluding hydrogens is 561 g/mol. The van der Waals surface area contributed by atoms with Crippen molar-refractivity contribution in [2.24, 2.45) is 0 Å². The second-order valence-corrected chi connectivity index (χ2v) is 10.0. The van der Waals surface area contributed by atoms with Crippen molar-refractivity contribution >= 4 is 39.6 Å². The molecule has 214 valence electrons. The van der Waals surface area contributed by atoms with Gasteiger partial charge in [-0.2, -0.15) is 0 Å². The SMILES string of the molecule is [2H]c1c([2H])c([2H])c(-c2c([2H])c([2H])c([2H])c(-c3c([2H])c([2H])c4c(c3[2H])Oc3c([2H])c(-n5c6c([2H])c([2H])c([2H])c([2H])c6c6c([2H])c([2H])c([2H])c([2H])c65)c([2H])c5c3B4Oc3c([2H])c([2H])c([2H])c([2H])c3-5)c2[2H])c([2H])c1[2H]. The number of hydrogen-bond acceptors (Lipinski definition) is 2. The smallest absolute Gasteiger partial charge is 0.434 e. The largest absolute Gasteiger partial charge is 0.551 e. The van der Waals surface area contributed by atoms with Crippen molar-refractivity contribution in [2.45, 2.75) is 0 Å². The maximum Gasteiger partial charge on any atom is 0.434 e. The quantitative estimate of drug-likeness (QED) is 0.185. The van der Waals surface area contributed by atoms with E-state index in [1.165, 1.54) is 0 Å². The highest BCUT2D eigenvalue weighted by molar-refractivity contribution is 6.84. The topological polar surface area (TPSA) is 23.4 Å². The summed E-state index contributed by atoms with van der Waals surface area (Å²) in [6.45, 7) is -1.88. The third-order valence-electron chi connectivity index (χ3n) is 7.54. The van der Waals surface area contributed by atoms with E-state index < -0.39 is 248 Å². The lowest BCUT2D eigenvalue weighted by atomic mass is 9.50. The van der Waals surface area contributed by atoms with E-state index in [0.29, 0.717) is 0 Å². The van der Waals surface area contributed by atoms with Crippen molar-refractivity contribution in [3.8, 4) is 56.3 Å². The summed E-state index contributed by atoms with van der Waals surface area (Å²) >= 11 is 0. The molecule has 7 aromatic carbocycles. The van der Waals surface area contributed by atoms with E-state index >= 15 is 0 Å². The van der Waals surface area contributed by atoms with Gasteiger partial charge in [-0.25, -0.2) is 0 Å². The lowest BCUT2D eigenvalue weighted by Crippen LogP contribution is -2.53. The van der Waals surface area contributed by atoms with Gasteiger partial charge in [-0.1, -0.05) is 115 Å². The number of para-hydroxylation sites is 3. The molecule has 0 atom stereocenters. The third-order valence-corrected chi connectivity index (χ3v) is 7.54. The van der Waals surface area contributed by atoms with Crippen molar-refractivity contribution in [2.75, 3.05) is 0 Å². The summed E-state index contributed by atoms with van der Waals surface area (Å²) < 4.78 is 244. The number of rotatable bonds is 3. The van der Waals surface area contributed by atoms with E-state index in [1.807, 2.05) is 0 Å². The van der Waals surface area contributed by atoms with Crippen LogP contribution in [0.1, 0.15) is 35.6 Å². The molecule has 0 fully saturated rings. The molecule has 1 aromatic heterocycles. The molecule has 0 N–H and O–H groups in total. The molecule has 3 heterocycles. The second kappa shape index (κ2) is 9.75. The number of benzene rings is 7. The maximum absolute atomic E-state index is 9.91. The van der Waals surface area contributed by atoms with Crippen LogP contribution in [0.2, 0.25) is 0 Å². The molecule has 4 heteroatoms. The van der Waals surface area contributed by atoms with Crippen molar-refractivity contribution in [3.63, 3.8) is 0 Å². The standard InChI is InChI=1S/C42H26BNO2/c1-2-11-27(12-3-1)28-13-10-14-29(23-28)30-21-22-36-40(24-30)45-41-26-31(25-35-34-17-6-9-20-39(34)46-43(36)42(35)41)44-37-18-7-4-15-32(37)33-16-5-8-19-38(33)44/h1-26H/i1D,2D,3D,4D,5D,6D,7D,8D,9D,10D,11D,12D,13D,14D,15D,16D,17D,18D,19D,20D,21D,22D,23D,24D,25D,26D. The van der Waals surface area contributed by atoms with Crippen LogP contribution in [0.25, 0.3) is 60.9 Å². The minimum Gasteiger partial charge on any atom is -0.551 e. The molecule has 0 saturated carbocycles. The molecule has 2 aliphatic rings. The van der Waals surface area contributed by atoms with E-state index in [1.54, 1.807) is 0 Å². The van der Waals surface area contributed by atoms with Crippen LogP contribution in [0.5, 0.6) is 17.2 Å². The molecular formula is C42H26BNO2. The van der Waals surface area contributed by atoms with Gasteiger partial charge in [-0.15, -0.1) is 0 Å². The molecule has 0 radical (unpaired) electrons. The first kappa shape index (κ1) is 10.8. The van der Waals surface area contributed by atoms with Crippen LogP contribution in [0.3, 0.4) is 0 Å². The molecule has 8 aromatic rings. The monoisotopic (exact) mass is 613 g/mol. The summed E-state index contributed by atoms with van der Waals surface area (Å²) in [7, 11) is 0. The van der Waals surface area contributed by atoms with Crippen LogP contribution in [0, 0.1) is 0 Å². The first-order valence-corrected chi connectivity index (χ1v) is 13.6. The first-order valence-electron chi connectivity index (χ1n) is 26.6. The Bertz CT molecular complexity index is 3860. The van der Waals surface area contributed by atoms with Crippen molar-refractivity contribution in [1.82, 2.24) is 4.57 Å². The summed E-state index contributed by atoms with van der Waals surface area (Å²) in [5.74, 6) is -2.09. The average Bonchev–Trinajstić information content (AvgIpc) is 3.71. The molecule has 0 bridgehead atoms. The highest BCUT2D eigenvalue weighted by atomic mass is 16.5. The fourth-order valence-corrected chi connectivity index (χ4v) is 5.59. The lowest BCUT2D eigenvalue weighted by Gasteiger charge is -2.33. The van der Waals surface area contributed by atoms with Crippen molar-refractivity contribution in [1.29, 1.82) is 0 Å². The van der Waals surface area contributed by atoms with Gasteiger partial charge < -0.3 is 14.0 Å². The van der Waals surface area contributed by atoms with Gasteiger partial charge in [0, 0.05) is 33.3 Å². The molecule has 2 aliphatic heterocycles. The van der Waals surface area contributed by atoms with Crippen LogP contribution in [-0.4, -0.2) is 11.5 Å². The summed E-state index contributed by atoms with van der Waals surface area (Å²) in [6.07, 6.45) is 0. The zero-order valence-corrected chi connectivity index (χ0v) is 22.8. The first-order chi connectivity index (χ1) is 33.6. The Kier molecular flexibility index (Phi) is 2.29. The Balaban J connectivity index is 1.37. The van der Waals surface area contributed by atoms with Crippen LogP contribution < -0.4 is 20.3 Å². The predicted octanol–water partition coefficient (Wildman–Crippen LogP) is 9.39. The van der Waals surface area contributed by atoms with Gasteiger partial charge in [-0.3, -0.25) is 0 Å². The Labute approximate surface area is 303 Å².